The van der Waals surface area contributed by atoms with E-state index in [-0.39, 0.29) is 12.0 Å². The summed E-state index contributed by atoms with van der Waals surface area (Å²) in [5.41, 5.74) is -0.291. The molecule has 4 rings (SSSR count). The highest BCUT2D eigenvalue weighted by atomic mass is 16.6. The molecule has 2 fully saturated rings. The fourth-order valence-corrected chi connectivity index (χ4v) is 5.47. The molecule has 1 aliphatic heterocycles. The fraction of sp³-hybridized carbons (Fsp3) is 0.577. The quantitative estimate of drug-likeness (QED) is 0.492. The van der Waals surface area contributed by atoms with Gasteiger partial charge in [0, 0.05) is 37.0 Å². The zero-order valence-electron chi connectivity index (χ0n) is 19.1. The molecule has 6 heteroatoms. The molecule has 32 heavy (non-hydrogen) atoms. The van der Waals surface area contributed by atoms with E-state index in [4.69, 9.17) is 4.74 Å². The Balaban J connectivity index is 1.45. The van der Waals surface area contributed by atoms with Crippen LogP contribution in [0.1, 0.15) is 56.2 Å². The molecule has 0 radical (unpaired) electrons. The summed E-state index contributed by atoms with van der Waals surface area (Å²) < 4.78 is 6.83. The number of quaternary nitrogens is 1. The summed E-state index contributed by atoms with van der Waals surface area (Å²) in [6.07, 6.45) is 12.4. The smallest absolute Gasteiger partial charge is 0.300 e. The molecule has 0 bridgehead atoms. The van der Waals surface area contributed by atoms with Gasteiger partial charge in [0.15, 0.2) is 6.10 Å². The Labute approximate surface area is 191 Å². The van der Waals surface area contributed by atoms with Gasteiger partial charge in [-0.3, -0.25) is 14.8 Å². The SMILES string of the molecule is C[N@+]1(CCc2cnccn2)CCCC(OC(=O)C([O-])(c2ccccc2)C2CCCCC2)C1. The van der Waals surface area contributed by atoms with Crippen LogP contribution in [0.15, 0.2) is 48.9 Å². The summed E-state index contributed by atoms with van der Waals surface area (Å²) in [5, 5.41) is 14.2. The lowest BCUT2D eigenvalue weighted by Crippen LogP contribution is -2.59. The molecule has 2 aliphatic rings. The number of nitrogens with zero attached hydrogens (tertiary/aromatic N) is 3. The van der Waals surface area contributed by atoms with Gasteiger partial charge in [-0.05, 0) is 17.9 Å². The minimum Gasteiger partial charge on any atom is -0.837 e. The van der Waals surface area contributed by atoms with E-state index in [9.17, 15) is 9.90 Å². The number of likely N-dealkylation sites (tertiary alicyclic amines) is 1. The van der Waals surface area contributed by atoms with E-state index >= 15 is 0 Å². The topological polar surface area (TPSA) is 75.1 Å². The maximum Gasteiger partial charge on any atom is 0.300 e. The molecule has 3 atom stereocenters. The normalized spacial score (nSPS) is 26.2. The van der Waals surface area contributed by atoms with Gasteiger partial charge in [0.1, 0.15) is 6.54 Å². The van der Waals surface area contributed by atoms with Crippen molar-refractivity contribution in [1.29, 1.82) is 0 Å². The van der Waals surface area contributed by atoms with Crippen molar-refractivity contribution in [2.24, 2.45) is 5.92 Å². The first-order valence-electron chi connectivity index (χ1n) is 12.1. The second kappa shape index (κ2) is 10.1. The number of hydrogen-bond acceptors (Lipinski definition) is 5. The highest BCUT2D eigenvalue weighted by molar-refractivity contribution is 5.81. The summed E-state index contributed by atoms with van der Waals surface area (Å²) in [6, 6.07) is 9.17. The fourth-order valence-electron chi connectivity index (χ4n) is 5.47. The Morgan fingerprint density at radius 2 is 1.91 bits per heavy atom. The first-order valence-corrected chi connectivity index (χ1v) is 12.1. The third-order valence-electron chi connectivity index (χ3n) is 7.35. The molecular formula is C26H35N3O3. The van der Waals surface area contributed by atoms with Crippen molar-refractivity contribution >= 4 is 5.97 Å². The molecule has 2 unspecified atom stereocenters. The molecular weight excluding hydrogens is 402 g/mol. The van der Waals surface area contributed by atoms with E-state index in [1.54, 1.807) is 24.5 Å². The number of carbonyl (C=O) groups is 1. The third-order valence-corrected chi connectivity index (χ3v) is 7.35. The summed E-state index contributed by atoms with van der Waals surface area (Å²) in [6.45, 7) is 2.69. The van der Waals surface area contributed by atoms with Crippen LogP contribution in [0.3, 0.4) is 0 Å². The van der Waals surface area contributed by atoms with Crippen molar-refractivity contribution in [1.82, 2.24) is 9.97 Å². The van der Waals surface area contributed by atoms with E-state index in [1.165, 1.54) is 0 Å². The van der Waals surface area contributed by atoms with Crippen molar-refractivity contribution < 1.29 is 19.1 Å². The zero-order chi connectivity index (χ0) is 22.4. The molecule has 1 aromatic carbocycles. The van der Waals surface area contributed by atoms with Gasteiger partial charge in [0.2, 0.25) is 0 Å². The number of aromatic nitrogens is 2. The Kier molecular flexibility index (Phi) is 7.21. The highest BCUT2D eigenvalue weighted by Gasteiger charge is 2.41. The molecule has 2 heterocycles. The molecule has 0 N–H and O–H groups in total. The van der Waals surface area contributed by atoms with Crippen LogP contribution in [0.2, 0.25) is 0 Å². The maximum absolute atomic E-state index is 14.2. The summed E-state index contributed by atoms with van der Waals surface area (Å²) in [4.78, 5) is 22.0. The van der Waals surface area contributed by atoms with Crippen molar-refractivity contribution in [2.45, 2.75) is 63.1 Å². The van der Waals surface area contributed by atoms with Crippen LogP contribution in [-0.4, -0.2) is 53.2 Å². The second-order valence-electron chi connectivity index (χ2n) is 9.80. The van der Waals surface area contributed by atoms with Crippen molar-refractivity contribution in [3.63, 3.8) is 0 Å². The van der Waals surface area contributed by atoms with Crippen LogP contribution >= 0.6 is 0 Å². The molecule has 172 valence electrons. The maximum atomic E-state index is 14.2. The number of ether oxygens (including phenoxy) is 1. The average Bonchev–Trinajstić information content (AvgIpc) is 2.84. The molecule has 0 amide bonds. The van der Waals surface area contributed by atoms with Gasteiger partial charge in [0.25, 0.3) is 0 Å². The summed E-state index contributed by atoms with van der Waals surface area (Å²) >= 11 is 0. The van der Waals surface area contributed by atoms with E-state index < -0.39 is 11.6 Å². The number of rotatable bonds is 7. The van der Waals surface area contributed by atoms with Crippen LogP contribution in [0.5, 0.6) is 0 Å². The van der Waals surface area contributed by atoms with Crippen LogP contribution in [-0.2, 0) is 21.6 Å². The van der Waals surface area contributed by atoms with E-state index in [1.807, 2.05) is 24.4 Å². The monoisotopic (exact) mass is 437 g/mol. The average molecular weight is 438 g/mol. The molecule has 2 aromatic rings. The van der Waals surface area contributed by atoms with Crippen LogP contribution in [0.4, 0.5) is 0 Å². The number of carbonyl (C=O) groups excluding carboxylic acids is 1. The van der Waals surface area contributed by atoms with E-state index in [2.05, 4.69) is 17.0 Å². The minimum absolute atomic E-state index is 0.202. The largest absolute Gasteiger partial charge is 0.837 e. The molecule has 0 spiro atoms. The summed E-state index contributed by atoms with van der Waals surface area (Å²) in [7, 11) is 2.21. The Hall–Kier alpha value is -2.31. The lowest BCUT2D eigenvalue weighted by Gasteiger charge is -2.48. The number of likely N-dealkylation sites (N-methyl/N-ethyl adjacent to an activating group) is 1. The Morgan fingerprint density at radius 1 is 1.12 bits per heavy atom. The number of benzene rings is 1. The summed E-state index contributed by atoms with van der Waals surface area (Å²) in [5.74, 6) is -0.782. The van der Waals surface area contributed by atoms with Gasteiger partial charge >= 0.3 is 5.97 Å². The molecule has 1 aliphatic carbocycles. The van der Waals surface area contributed by atoms with Crippen LogP contribution in [0, 0.1) is 5.92 Å². The predicted molar refractivity (Wildman–Crippen MR) is 120 cm³/mol. The van der Waals surface area contributed by atoms with Crippen molar-refractivity contribution in [3.05, 3.63) is 60.2 Å². The third kappa shape index (κ3) is 5.18. The molecule has 1 aromatic heterocycles. The van der Waals surface area contributed by atoms with E-state index in [0.717, 1.165) is 81.2 Å². The first kappa shape index (κ1) is 22.9. The van der Waals surface area contributed by atoms with Crippen molar-refractivity contribution in [3.8, 4) is 0 Å². The lowest BCUT2D eigenvalue weighted by atomic mass is 9.73. The van der Waals surface area contributed by atoms with Gasteiger partial charge in [-0.25, -0.2) is 0 Å². The van der Waals surface area contributed by atoms with Gasteiger partial charge in [-0.2, -0.15) is 0 Å². The van der Waals surface area contributed by atoms with Gasteiger partial charge in [0.05, 0.1) is 25.8 Å². The predicted octanol–water partition coefficient (Wildman–Crippen LogP) is 3.01. The first-order chi connectivity index (χ1) is 15.5. The van der Waals surface area contributed by atoms with Gasteiger partial charge in [-0.1, -0.05) is 62.4 Å². The number of piperidine rings is 1. The van der Waals surface area contributed by atoms with Crippen LogP contribution < -0.4 is 5.11 Å². The lowest BCUT2D eigenvalue weighted by molar-refractivity contribution is -0.916. The second-order valence-corrected chi connectivity index (χ2v) is 9.80. The van der Waals surface area contributed by atoms with Crippen LogP contribution in [0.25, 0.3) is 0 Å². The standard InChI is InChI=1S/C26H35N3O3/c1-29(18-14-23-19-27-15-16-28-23)17-8-13-24(20-29)32-25(30)26(31,21-9-4-2-5-10-21)22-11-6-3-7-12-22/h2,4-5,9-10,15-16,19,22,24H,3,6-8,11-14,17-18,20H2,1H3/t24?,26?,29-/m1/s1. The zero-order valence-corrected chi connectivity index (χ0v) is 19.1. The van der Waals surface area contributed by atoms with E-state index in [0.29, 0.717) is 5.56 Å². The van der Waals surface area contributed by atoms with Gasteiger partial charge in [-0.15, -0.1) is 0 Å². The minimum atomic E-state index is -1.82. The Bertz CT molecular complexity index is 872. The molecule has 1 saturated heterocycles. The number of esters is 1. The number of hydrogen-bond donors (Lipinski definition) is 0. The molecule has 1 saturated carbocycles. The highest BCUT2D eigenvalue weighted by Crippen LogP contribution is 2.39. The Morgan fingerprint density at radius 3 is 2.62 bits per heavy atom. The van der Waals surface area contributed by atoms with Gasteiger partial charge < -0.3 is 14.3 Å². The van der Waals surface area contributed by atoms with Crippen molar-refractivity contribution in [2.75, 3.05) is 26.7 Å². The molecule has 6 nitrogen and oxygen atoms in total.